The number of aliphatic hydroxyl groups is 1. The van der Waals surface area contributed by atoms with Crippen molar-refractivity contribution in [1.82, 2.24) is 5.32 Å². The third-order valence-corrected chi connectivity index (χ3v) is 2.66. The summed E-state index contributed by atoms with van der Waals surface area (Å²) < 4.78 is 12.7. The maximum atomic E-state index is 12.7. The molecule has 0 spiro atoms. The molecule has 0 heterocycles. The molecule has 2 nitrogen and oxygen atoms in total. The quantitative estimate of drug-likeness (QED) is 0.815. The van der Waals surface area contributed by atoms with Gasteiger partial charge in [-0.25, -0.2) is 4.39 Å². The zero-order chi connectivity index (χ0) is 11.3. The molecule has 1 aromatic rings. The van der Waals surface area contributed by atoms with Crippen LogP contribution in [0.3, 0.4) is 0 Å². The molecule has 0 amide bonds. The second-order valence-corrected chi connectivity index (χ2v) is 3.81. The Morgan fingerprint density at radius 2 is 2.27 bits per heavy atom. The van der Waals surface area contributed by atoms with Gasteiger partial charge in [0, 0.05) is 17.6 Å². The van der Waals surface area contributed by atoms with Crippen LogP contribution in [-0.2, 0) is 6.54 Å². The Balaban J connectivity index is 2.57. The van der Waals surface area contributed by atoms with E-state index in [1.54, 1.807) is 6.07 Å². The minimum Gasteiger partial charge on any atom is -0.395 e. The lowest BCUT2D eigenvalue weighted by Gasteiger charge is -2.14. The zero-order valence-corrected chi connectivity index (χ0v) is 9.39. The molecular weight excluding hydrogens is 217 g/mol. The molecule has 0 radical (unpaired) electrons. The second kappa shape index (κ2) is 6.05. The summed E-state index contributed by atoms with van der Waals surface area (Å²) in [5.74, 6) is -0.335. The Hall–Kier alpha value is -0.640. The first-order valence-electron chi connectivity index (χ1n) is 4.95. The summed E-state index contributed by atoms with van der Waals surface area (Å²) in [6.07, 6.45) is 0.843. The molecule has 84 valence electrons. The molecule has 1 rings (SSSR count). The number of halogens is 2. The molecule has 0 aliphatic carbocycles. The number of benzene rings is 1. The molecule has 1 atom stereocenters. The van der Waals surface area contributed by atoms with Crippen molar-refractivity contribution in [2.24, 2.45) is 0 Å². The van der Waals surface area contributed by atoms with Crippen molar-refractivity contribution >= 4 is 11.6 Å². The third-order valence-electron chi connectivity index (χ3n) is 2.31. The van der Waals surface area contributed by atoms with Crippen LogP contribution in [0.2, 0.25) is 5.02 Å². The van der Waals surface area contributed by atoms with Gasteiger partial charge in [0.2, 0.25) is 0 Å². The topological polar surface area (TPSA) is 32.3 Å². The van der Waals surface area contributed by atoms with Crippen LogP contribution in [0.4, 0.5) is 4.39 Å². The van der Waals surface area contributed by atoms with Crippen LogP contribution in [0.15, 0.2) is 18.2 Å². The number of nitrogens with one attached hydrogen (secondary N) is 1. The maximum absolute atomic E-state index is 12.7. The summed E-state index contributed by atoms with van der Waals surface area (Å²) in [5.41, 5.74) is 0.838. The molecule has 0 aliphatic heterocycles. The van der Waals surface area contributed by atoms with E-state index >= 15 is 0 Å². The van der Waals surface area contributed by atoms with Crippen molar-refractivity contribution < 1.29 is 9.50 Å². The van der Waals surface area contributed by atoms with Gasteiger partial charge in [-0.05, 0) is 24.1 Å². The molecule has 0 aromatic heterocycles. The van der Waals surface area contributed by atoms with Gasteiger partial charge in [0.25, 0.3) is 0 Å². The van der Waals surface area contributed by atoms with Crippen molar-refractivity contribution in [3.8, 4) is 0 Å². The van der Waals surface area contributed by atoms with Gasteiger partial charge in [-0.2, -0.15) is 0 Å². The lowest BCUT2D eigenvalue weighted by atomic mass is 10.2. The largest absolute Gasteiger partial charge is 0.395 e. The van der Waals surface area contributed by atoms with Crippen LogP contribution >= 0.6 is 11.6 Å². The Bertz CT molecular complexity index is 315. The minimum absolute atomic E-state index is 0.0612. The molecule has 0 fully saturated rings. The van der Waals surface area contributed by atoms with Crippen LogP contribution in [0.5, 0.6) is 0 Å². The first-order valence-corrected chi connectivity index (χ1v) is 5.33. The Labute approximate surface area is 94.1 Å². The molecule has 0 saturated carbocycles. The maximum Gasteiger partial charge on any atom is 0.124 e. The van der Waals surface area contributed by atoms with E-state index in [0.29, 0.717) is 11.6 Å². The molecule has 0 bridgehead atoms. The first kappa shape index (κ1) is 12.4. The number of hydrogen-bond acceptors (Lipinski definition) is 2. The van der Waals surface area contributed by atoms with Crippen molar-refractivity contribution in [3.63, 3.8) is 0 Å². The Morgan fingerprint density at radius 3 is 2.80 bits per heavy atom. The molecule has 0 saturated heterocycles. The normalized spacial score (nSPS) is 12.8. The first-order chi connectivity index (χ1) is 7.17. The smallest absolute Gasteiger partial charge is 0.124 e. The average Bonchev–Trinajstić information content (AvgIpc) is 2.22. The Kier molecular flexibility index (Phi) is 5.02. The standard InChI is InChI=1S/C11H15ClFNO/c1-2-10(7-15)14-6-8-3-4-9(13)5-11(8)12/h3-5,10,14-15H,2,6-7H2,1H3/t10-/m0/s1. The summed E-state index contributed by atoms with van der Waals surface area (Å²) >= 11 is 5.86. The van der Waals surface area contributed by atoms with Crippen LogP contribution in [0, 0.1) is 5.82 Å². The number of hydrogen-bond donors (Lipinski definition) is 2. The van der Waals surface area contributed by atoms with E-state index in [9.17, 15) is 4.39 Å². The zero-order valence-electron chi connectivity index (χ0n) is 8.63. The van der Waals surface area contributed by atoms with Crippen molar-refractivity contribution in [3.05, 3.63) is 34.6 Å². The monoisotopic (exact) mass is 231 g/mol. The van der Waals surface area contributed by atoms with E-state index in [-0.39, 0.29) is 18.5 Å². The van der Waals surface area contributed by atoms with Gasteiger partial charge >= 0.3 is 0 Å². The summed E-state index contributed by atoms with van der Waals surface area (Å²) in [7, 11) is 0. The predicted octanol–water partition coefficient (Wildman–Crippen LogP) is 2.34. The average molecular weight is 232 g/mol. The Morgan fingerprint density at radius 1 is 1.53 bits per heavy atom. The van der Waals surface area contributed by atoms with Crippen molar-refractivity contribution in [2.75, 3.05) is 6.61 Å². The summed E-state index contributed by atoms with van der Waals surface area (Å²) in [4.78, 5) is 0. The van der Waals surface area contributed by atoms with Crippen LogP contribution in [0.1, 0.15) is 18.9 Å². The van der Waals surface area contributed by atoms with E-state index in [0.717, 1.165) is 12.0 Å². The molecular formula is C11H15ClFNO. The number of aliphatic hydroxyl groups excluding tert-OH is 1. The second-order valence-electron chi connectivity index (χ2n) is 3.40. The lowest BCUT2D eigenvalue weighted by molar-refractivity contribution is 0.238. The molecule has 0 aliphatic rings. The summed E-state index contributed by atoms with van der Waals surface area (Å²) in [6, 6.07) is 4.38. The summed E-state index contributed by atoms with van der Waals surface area (Å²) in [6.45, 7) is 2.62. The van der Waals surface area contributed by atoms with E-state index in [2.05, 4.69) is 5.32 Å². The highest BCUT2D eigenvalue weighted by Crippen LogP contribution is 2.17. The highest BCUT2D eigenvalue weighted by molar-refractivity contribution is 6.31. The van der Waals surface area contributed by atoms with Gasteiger partial charge in [-0.1, -0.05) is 24.6 Å². The van der Waals surface area contributed by atoms with Crippen LogP contribution in [-0.4, -0.2) is 17.8 Å². The molecule has 0 unspecified atom stereocenters. The van der Waals surface area contributed by atoms with Gasteiger partial charge in [0.15, 0.2) is 0 Å². The highest BCUT2D eigenvalue weighted by atomic mass is 35.5. The molecule has 4 heteroatoms. The van der Waals surface area contributed by atoms with Crippen LogP contribution in [0.25, 0.3) is 0 Å². The van der Waals surface area contributed by atoms with Gasteiger partial charge in [0.1, 0.15) is 5.82 Å². The van der Waals surface area contributed by atoms with Gasteiger partial charge in [-0.15, -0.1) is 0 Å². The fourth-order valence-electron chi connectivity index (χ4n) is 1.26. The van der Waals surface area contributed by atoms with E-state index in [1.807, 2.05) is 6.92 Å². The summed E-state index contributed by atoms with van der Waals surface area (Å²) in [5, 5.41) is 12.5. The van der Waals surface area contributed by atoms with Crippen molar-refractivity contribution in [2.45, 2.75) is 25.9 Å². The lowest BCUT2D eigenvalue weighted by Crippen LogP contribution is -2.31. The van der Waals surface area contributed by atoms with Crippen LogP contribution < -0.4 is 5.32 Å². The molecule has 2 N–H and O–H groups in total. The predicted molar refractivity (Wildman–Crippen MR) is 59.4 cm³/mol. The SMILES string of the molecule is CC[C@@H](CO)NCc1ccc(F)cc1Cl. The number of rotatable bonds is 5. The minimum atomic E-state index is -0.335. The van der Waals surface area contributed by atoms with Crippen molar-refractivity contribution in [1.29, 1.82) is 0 Å². The fraction of sp³-hybridized carbons (Fsp3) is 0.455. The van der Waals surface area contributed by atoms with E-state index in [1.165, 1.54) is 12.1 Å². The van der Waals surface area contributed by atoms with E-state index in [4.69, 9.17) is 16.7 Å². The fourth-order valence-corrected chi connectivity index (χ4v) is 1.49. The molecule has 15 heavy (non-hydrogen) atoms. The third kappa shape index (κ3) is 3.78. The molecule has 1 aromatic carbocycles. The van der Waals surface area contributed by atoms with E-state index < -0.39 is 0 Å². The highest BCUT2D eigenvalue weighted by Gasteiger charge is 2.06. The van der Waals surface area contributed by atoms with Gasteiger partial charge in [-0.3, -0.25) is 0 Å². The van der Waals surface area contributed by atoms with Gasteiger partial charge in [0.05, 0.1) is 6.61 Å². The van der Waals surface area contributed by atoms with Gasteiger partial charge < -0.3 is 10.4 Å².